The highest BCUT2D eigenvalue weighted by atomic mass is 16.4. The number of allylic oxidation sites excluding steroid dienone is 4. The van der Waals surface area contributed by atoms with Gasteiger partial charge in [-0.3, -0.25) is 4.79 Å². The van der Waals surface area contributed by atoms with Gasteiger partial charge in [-0.1, -0.05) is 31.2 Å². The molecule has 0 bridgehead atoms. The number of hydrogen-bond acceptors (Lipinski definition) is 1. The van der Waals surface area contributed by atoms with Crippen LogP contribution in [0, 0.1) is 11.8 Å². The predicted molar refractivity (Wildman–Crippen MR) is 47.8 cm³/mol. The minimum absolute atomic E-state index is 0.201. The van der Waals surface area contributed by atoms with Crippen LogP contribution in [0.25, 0.3) is 0 Å². The number of hydrogen-bond donors (Lipinski definition) is 1. The van der Waals surface area contributed by atoms with E-state index in [-0.39, 0.29) is 12.3 Å². The molecule has 0 amide bonds. The van der Waals surface area contributed by atoms with Crippen LogP contribution < -0.4 is 0 Å². The van der Waals surface area contributed by atoms with Crippen molar-refractivity contribution in [2.75, 3.05) is 0 Å². The maximum Gasteiger partial charge on any atom is 0.303 e. The highest BCUT2D eigenvalue weighted by molar-refractivity contribution is 5.67. The number of rotatable bonds is 2. The fourth-order valence-electron chi connectivity index (χ4n) is 1.49. The van der Waals surface area contributed by atoms with Crippen molar-refractivity contribution in [3.63, 3.8) is 0 Å². The van der Waals surface area contributed by atoms with Gasteiger partial charge in [0.25, 0.3) is 0 Å². The second kappa shape index (κ2) is 4.10. The molecule has 0 aromatic rings. The van der Waals surface area contributed by atoms with E-state index in [0.717, 1.165) is 6.42 Å². The van der Waals surface area contributed by atoms with E-state index in [2.05, 4.69) is 13.0 Å². The van der Waals surface area contributed by atoms with Crippen LogP contribution in [0.3, 0.4) is 0 Å². The molecule has 1 N–H and O–H groups in total. The Labute approximate surface area is 72.6 Å². The van der Waals surface area contributed by atoms with Crippen LogP contribution in [-0.4, -0.2) is 11.1 Å². The Bertz CT molecular complexity index is 216. The summed E-state index contributed by atoms with van der Waals surface area (Å²) in [6, 6.07) is 0. The zero-order valence-electron chi connectivity index (χ0n) is 7.23. The molecule has 2 nitrogen and oxygen atoms in total. The van der Waals surface area contributed by atoms with Crippen LogP contribution in [0.4, 0.5) is 0 Å². The Morgan fingerprint density at radius 1 is 1.50 bits per heavy atom. The van der Waals surface area contributed by atoms with Crippen molar-refractivity contribution in [3.8, 4) is 0 Å². The molecule has 0 fully saturated rings. The maximum absolute atomic E-state index is 10.4. The first-order valence-electron chi connectivity index (χ1n) is 4.25. The van der Waals surface area contributed by atoms with Gasteiger partial charge in [-0.2, -0.15) is 0 Å². The van der Waals surface area contributed by atoms with Crippen molar-refractivity contribution in [1.29, 1.82) is 0 Å². The second-order valence-corrected chi connectivity index (χ2v) is 3.34. The summed E-state index contributed by atoms with van der Waals surface area (Å²) in [5.41, 5.74) is 0. The van der Waals surface area contributed by atoms with Crippen LogP contribution in [-0.2, 0) is 4.79 Å². The first-order valence-corrected chi connectivity index (χ1v) is 4.25. The monoisotopic (exact) mass is 166 g/mol. The molecule has 0 radical (unpaired) electrons. The number of carboxylic acids is 1. The lowest BCUT2D eigenvalue weighted by Gasteiger charge is -2.11. The fraction of sp³-hybridized carbons (Fsp3) is 0.500. The molecule has 2 heteroatoms. The Balaban J connectivity index is 2.50. The van der Waals surface area contributed by atoms with Gasteiger partial charge in [-0.05, 0) is 18.3 Å². The summed E-state index contributed by atoms with van der Waals surface area (Å²) >= 11 is 0. The van der Waals surface area contributed by atoms with Crippen LogP contribution in [0.15, 0.2) is 24.3 Å². The zero-order valence-corrected chi connectivity index (χ0v) is 7.23. The van der Waals surface area contributed by atoms with E-state index >= 15 is 0 Å². The SMILES string of the molecule is C[C@H]1C=CC=C[C@@H](CC(=O)O)C1. The third-order valence-electron chi connectivity index (χ3n) is 2.05. The van der Waals surface area contributed by atoms with E-state index in [9.17, 15) is 4.79 Å². The lowest BCUT2D eigenvalue weighted by atomic mass is 9.94. The Morgan fingerprint density at radius 3 is 2.83 bits per heavy atom. The molecule has 0 spiro atoms. The normalized spacial score (nSPS) is 28.4. The molecule has 1 rings (SSSR count). The van der Waals surface area contributed by atoms with Gasteiger partial charge < -0.3 is 5.11 Å². The molecule has 1 aliphatic carbocycles. The van der Waals surface area contributed by atoms with Gasteiger partial charge in [0.2, 0.25) is 0 Å². The van der Waals surface area contributed by atoms with Gasteiger partial charge in [-0.25, -0.2) is 0 Å². The molecule has 0 saturated heterocycles. The van der Waals surface area contributed by atoms with Crippen LogP contribution in [0.5, 0.6) is 0 Å². The third kappa shape index (κ3) is 2.91. The van der Waals surface area contributed by atoms with E-state index in [1.807, 2.05) is 18.2 Å². The average Bonchev–Trinajstić information content (AvgIpc) is 2.12. The molecule has 2 atom stereocenters. The minimum Gasteiger partial charge on any atom is -0.481 e. The van der Waals surface area contributed by atoms with Crippen LogP contribution in [0.1, 0.15) is 19.8 Å². The molecule has 0 heterocycles. The molecule has 0 aromatic carbocycles. The molecule has 12 heavy (non-hydrogen) atoms. The van der Waals surface area contributed by atoms with Crippen molar-refractivity contribution in [3.05, 3.63) is 24.3 Å². The predicted octanol–water partition coefficient (Wildman–Crippen LogP) is 2.23. The highest BCUT2D eigenvalue weighted by Gasteiger charge is 2.13. The molecule has 0 aliphatic heterocycles. The number of carbonyl (C=O) groups is 1. The van der Waals surface area contributed by atoms with E-state index in [4.69, 9.17) is 5.11 Å². The van der Waals surface area contributed by atoms with Crippen molar-refractivity contribution >= 4 is 5.97 Å². The minimum atomic E-state index is -0.709. The topological polar surface area (TPSA) is 37.3 Å². The molecular formula is C10H14O2. The highest BCUT2D eigenvalue weighted by Crippen LogP contribution is 2.20. The summed E-state index contributed by atoms with van der Waals surface area (Å²) in [5, 5.41) is 8.59. The summed E-state index contributed by atoms with van der Waals surface area (Å²) in [7, 11) is 0. The van der Waals surface area contributed by atoms with Gasteiger partial charge in [0.05, 0.1) is 6.42 Å². The van der Waals surface area contributed by atoms with E-state index in [1.165, 1.54) is 0 Å². The Hall–Kier alpha value is -1.05. The lowest BCUT2D eigenvalue weighted by molar-refractivity contribution is -0.137. The number of aliphatic carboxylic acids is 1. The summed E-state index contributed by atoms with van der Waals surface area (Å²) in [6.45, 7) is 2.11. The van der Waals surface area contributed by atoms with E-state index < -0.39 is 5.97 Å². The lowest BCUT2D eigenvalue weighted by Crippen LogP contribution is -2.07. The fourth-order valence-corrected chi connectivity index (χ4v) is 1.49. The molecule has 0 saturated carbocycles. The van der Waals surface area contributed by atoms with Gasteiger partial charge in [0, 0.05) is 0 Å². The largest absolute Gasteiger partial charge is 0.481 e. The van der Waals surface area contributed by atoms with Crippen molar-refractivity contribution < 1.29 is 9.90 Å². The molecular weight excluding hydrogens is 152 g/mol. The number of carboxylic acid groups (broad SMARTS) is 1. The third-order valence-corrected chi connectivity index (χ3v) is 2.05. The zero-order chi connectivity index (χ0) is 8.97. The molecule has 0 unspecified atom stereocenters. The van der Waals surface area contributed by atoms with Crippen molar-refractivity contribution in [2.45, 2.75) is 19.8 Å². The Kier molecular flexibility index (Phi) is 3.09. The smallest absolute Gasteiger partial charge is 0.303 e. The standard InChI is InChI=1S/C10H14O2/c1-8-4-2-3-5-9(6-8)7-10(11)12/h2-5,8-9H,6-7H2,1H3,(H,11,12)/t8-,9+/m0/s1. The first kappa shape index (κ1) is 9.04. The first-order chi connectivity index (χ1) is 5.68. The second-order valence-electron chi connectivity index (χ2n) is 3.34. The van der Waals surface area contributed by atoms with Gasteiger partial charge >= 0.3 is 5.97 Å². The Morgan fingerprint density at radius 2 is 2.17 bits per heavy atom. The van der Waals surface area contributed by atoms with Gasteiger partial charge in [0.15, 0.2) is 0 Å². The van der Waals surface area contributed by atoms with Crippen molar-refractivity contribution in [1.82, 2.24) is 0 Å². The van der Waals surface area contributed by atoms with Crippen molar-refractivity contribution in [2.24, 2.45) is 11.8 Å². The molecule has 0 aromatic heterocycles. The molecule has 1 aliphatic rings. The van der Waals surface area contributed by atoms with E-state index in [0.29, 0.717) is 5.92 Å². The summed E-state index contributed by atoms with van der Waals surface area (Å²) in [6.07, 6.45) is 9.22. The molecule has 66 valence electrons. The van der Waals surface area contributed by atoms with Crippen LogP contribution in [0.2, 0.25) is 0 Å². The van der Waals surface area contributed by atoms with Gasteiger partial charge in [-0.15, -0.1) is 0 Å². The van der Waals surface area contributed by atoms with E-state index in [1.54, 1.807) is 0 Å². The summed E-state index contributed by atoms with van der Waals surface area (Å²) < 4.78 is 0. The maximum atomic E-state index is 10.4. The summed E-state index contributed by atoms with van der Waals surface area (Å²) in [4.78, 5) is 10.4. The average molecular weight is 166 g/mol. The van der Waals surface area contributed by atoms with Crippen LogP contribution >= 0.6 is 0 Å². The quantitative estimate of drug-likeness (QED) is 0.683. The van der Waals surface area contributed by atoms with Gasteiger partial charge in [0.1, 0.15) is 0 Å². The summed E-state index contributed by atoms with van der Waals surface area (Å²) in [5.74, 6) is -0.0180.